The summed E-state index contributed by atoms with van der Waals surface area (Å²) in [5, 5.41) is 11.4. The number of nitrogens with zero attached hydrogens (tertiary/aromatic N) is 1. The van der Waals surface area contributed by atoms with Crippen LogP contribution in [0, 0.1) is 0 Å². The van der Waals surface area contributed by atoms with Crippen molar-refractivity contribution in [3.63, 3.8) is 0 Å². The van der Waals surface area contributed by atoms with E-state index < -0.39 is 6.09 Å². The van der Waals surface area contributed by atoms with Gasteiger partial charge in [0.2, 0.25) is 0 Å². The smallest absolute Gasteiger partial charge is 0.404 e. The molecule has 120 valence electrons. The number of carboxylic acid groups (broad SMARTS) is 1. The summed E-state index contributed by atoms with van der Waals surface area (Å²) >= 11 is 0. The first-order valence-corrected chi connectivity index (χ1v) is 8.17. The lowest BCUT2D eigenvalue weighted by molar-refractivity contribution is -0.104. The normalized spacial score (nSPS) is 26.9. The molecule has 1 amide bonds. The van der Waals surface area contributed by atoms with Gasteiger partial charge in [0.25, 0.3) is 0 Å². The van der Waals surface area contributed by atoms with Crippen molar-refractivity contribution in [2.75, 3.05) is 13.2 Å². The predicted octanol–water partition coefficient (Wildman–Crippen LogP) is 3.10. The molecular formula is C17H24N2O3. The zero-order chi connectivity index (χ0) is 15.5. The maximum Gasteiger partial charge on any atom is 0.404 e. The molecule has 2 heterocycles. The highest BCUT2D eigenvalue weighted by molar-refractivity contribution is 5.64. The number of ether oxygens (including phenoxy) is 1. The lowest BCUT2D eigenvalue weighted by atomic mass is 9.68. The summed E-state index contributed by atoms with van der Waals surface area (Å²) in [5.74, 6) is 0. The average molecular weight is 304 g/mol. The van der Waals surface area contributed by atoms with Crippen LogP contribution < -0.4 is 5.32 Å². The van der Waals surface area contributed by atoms with Crippen LogP contribution in [0.15, 0.2) is 24.4 Å². The van der Waals surface area contributed by atoms with Crippen molar-refractivity contribution in [1.82, 2.24) is 10.3 Å². The summed E-state index contributed by atoms with van der Waals surface area (Å²) < 4.78 is 6.17. The molecule has 1 aromatic rings. The van der Waals surface area contributed by atoms with Gasteiger partial charge >= 0.3 is 6.09 Å². The van der Waals surface area contributed by atoms with E-state index in [-0.39, 0.29) is 11.0 Å². The minimum absolute atomic E-state index is 0.0149. The Kier molecular flexibility index (Phi) is 4.34. The number of rotatable bonds is 4. The van der Waals surface area contributed by atoms with Crippen LogP contribution in [-0.4, -0.2) is 34.9 Å². The second-order valence-electron chi connectivity index (χ2n) is 6.64. The van der Waals surface area contributed by atoms with Crippen molar-refractivity contribution in [2.45, 2.75) is 56.0 Å². The number of amides is 1. The first-order valence-electron chi connectivity index (χ1n) is 8.17. The number of hydrogen-bond acceptors (Lipinski definition) is 3. The van der Waals surface area contributed by atoms with Crippen LogP contribution >= 0.6 is 0 Å². The molecule has 2 fully saturated rings. The van der Waals surface area contributed by atoms with Crippen LogP contribution in [0.4, 0.5) is 4.79 Å². The lowest BCUT2D eigenvalue weighted by Gasteiger charge is -2.46. The van der Waals surface area contributed by atoms with Gasteiger partial charge in [-0.3, -0.25) is 4.98 Å². The topological polar surface area (TPSA) is 71.5 Å². The van der Waals surface area contributed by atoms with Crippen molar-refractivity contribution in [3.8, 4) is 0 Å². The van der Waals surface area contributed by atoms with E-state index in [1.165, 1.54) is 12.8 Å². The highest BCUT2D eigenvalue weighted by atomic mass is 16.5. The van der Waals surface area contributed by atoms with E-state index in [2.05, 4.69) is 16.4 Å². The first kappa shape index (κ1) is 15.3. The van der Waals surface area contributed by atoms with E-state index in [4.69, 9.17) is 9.84 Å². The van der Waals surface area contributed by atoms with Gasteiger partial charge in [-0.15, -0.1) is 0 Å². The van der Waals surface area contributed by atoms with Gasteiger partial charge in [0.15, 0.2) is 0 Å². The molecule has 2 N–H and O–H groups in total. The third-order valence-corrected chi connectivity index (χ3v) is 5.25. The van der Waals surface area contributed by atoms with Crippen LogP contribution in [0.1, 0.15) is 50.6 Å². The quantitative estimate of drug-likeness (QED) is 0.896. The van der Waals surface area contributed by atoms with E-state index >= 15 is 0 Å². The molecule has 2 aliphatic rings. The van der Waals surface area contributed by atoms with Crippen molar-refractivity contribution < 1.29 is 14.6 Å². The first-order chi connectivity index (χ1) is 10.6. The Labute approximate surface area is 131 Å². The minimum Gasteiger partial charge on any atom is -0.465 e. The summed E-state index contributed by atoms with van der Waals surface area (Å²) in [6, 6.07) is 6.03. The Bertz CT molecular complexity index is 514. The zero-order valence-electron chi connectivity index (χ0n) is 12.9. The maximum atomic E-state index is 10.8. The number of pyridine rings is 1. The standard InChI is InChI=1S/C17H24N2O3/c20-15(21)19-11-8-16(14-5-1-4-10-18-14)9-12-22-17(13-16)6-2-3-7-17/h1,4-5,10,19H,2-3,6-9,11-13H2,(H,20,21). The molecule has 1 aromatic heterocycles. The Morgan fingerprint density at radius 2 is 2.14 bits per heavy atom. The molecule has 1 saturated carbocycles. The summed E-state index contributed by atoms with van der Waals surface area (Å²) in [5.41, 5.74) is 0.988. The number of aromatic nitrogens is 1. The fourth-order valence-corrected chi connectivity index (χ4v) is 4.20. The van der Waals surface area contributed by atoms with Crippen molar-refractivity contribution in [3.05, 3.63) is 30.1 Å². The number of carbonyl (C=O) groups is 1. The van der Waals surface area contributed by atoms with Gasteiger partial charge in [0.1, 0.15) is 0 Å². The van der Waals surface area contributed by atoms with Gasteiger partial charge in [0.05, 0.1) is 5.60 Å². The molecule has 5 nitrogen and oxygen atoms in total. The summed E-state index contributed by atoms with van der Waals surface area (Å²) in [6.07, 6.45) is 8.21. The largest absolute Gasteiger partial charge is 0.465 e. The van der Waals surface area contributed by atoms with Gasteiger partial charge in [-0.05, 0) is 44.2 Å². The Morgan fingerprint density at radius 1 is 1.32 bits per heavy atom. The molecule has 5 heteroatoms. The van der Waals surface area contributed by atoms with Crippen LogP contribution in [-0.2, 0) is 10.2 Å². The minimum atomic E-state index is -0.959. The molecule has 1 aliphatic heterocycles. The summed E-state index contributed by atoms with van der Waals surface area (Å²) in [7, 11) is 0. The van der Waals surface area contributed by atoms with Crippen molar-refractivity contribution in [1.29, 1.82) is 0 Å². The van der Waals surface area contributed by atoms with E-state index in [0.29, 0.717) is 6.54 Å². The molecular weight excluding hydrogens is 280 g/mol. The zero-order valence-corrected chi connectivity index (χ0v) is 12.9. The van der Waals surface area contributed by atoms with Gasteiger partial charge in [0, 0.05) is 30.5 Å². The Morgan fingerprint density at radius 3 is 2.82 bits per heavy atom. The lowest BCUT2D eigenvalue weighted by Crippen LogP contribution is -2.47. The monoisotopic (exact) mass is 304 g/mol. The van der Waals surface area contributed by atoms with Crippen LogP contribution in [0.2, 0.25) is 0 Å². The third-order valence-electron chi connectivity index (χ3n) is 5.25. The molecule has 0 bridgehead atoms. The molecule has 22 heavy (non-hydrogen) atoms. The molecule has 1 spiro atoms. The molecule has 1 atom stereocenters. The molecule has 3 rings (SSSR count). The van der Waals surface area contributed by atoms with Gasteiger partial charge < -0.3 is 15.2 Å². The van der Waals surface area contributed by atoms with E-state index in [1.807, 2.05) is 18.3 Å². The highest BCUT2D eigenvalue weighted by Gasteiger charge is 2.48. The van der Waals surface area contributed by atoms with Gasteiger partial charge in [-0.2, -0.15) is 0 Å². The van der Waals surface area contributed by atoms with E-state index in [0.717, 1.165) is 44.4 Å². The van der Waals surface area contributed by atoms with Crippen LogP contribution in [0.3, 0.4) is 0 Å². The molecule has 1 saturated heterocycles. The molecule has 0 radical (unpaired) electrons. The second kappa shape index (κ2) is 6.24. The second-order valence-corrected chi connectivity index (χ2v) is 6.64. The van der Waals surface area contributed by atoms with E-state index in [9.17, 15) is 4.79 Å². The number of nitrogens with one attached hydrogen (secondary N) is 1. The van der Waals surface area contributed by atoms with Crippen LogP contribution in [0.5, 0.6) is 0 Å². The number of hydrogen-bond donors (Lipinski definition) is 2. The third kappa shape index (κ3) is 3.09. The van der Waals surface area contributed by atoms with Crippen LogP contribution in [0.25, 0.3) is 0 Å². The fourth-order valence-electron chi connectivity index (χ4n) is 4.20. The van der Waals surface area contributed by atoms with Gasteiger partial charge in [-0.25, -0.2) is 4.79 Å². The Hall–Kier alpha value is -1.62. The maximum absolute atomic E-state index is 10.8. The Balaban J connectivity index is 1.84. The van der Waals surface area contributed by atoms with E-state index in [1.54, 1.807) is 0 Å². The van der Waals surface area contributed by atoms with Crippen molar-refractivity contribution >= 4 is 6.09 Å². The molecule has 1 unspecified atom stereocenters. The molecule has 1 aliphatic carbocycles. The average Bonchev–Trinajstić information content (AvgIpc) is 2.95. The van der Waals surface area contributed by atoms with Crippen molar-refractivity contribution in [2.24, 2.45) is 0 Å². The molecule has 0 aromatic carbocycles. The predicted molar refractivity (Wildman–Crippen MR) is 82.9 cm³/mol. The van der Waals surface area contributed by atoms with Gasteiger partial charge in [-0.1, -0.05) is 18.9 Å². The summed E-state index contributed by atoms with van der Waals surface area (Å²) in [4.78, 5) is 15.4. The fraction of sp³-hybridized carbons (Fsp3) is 0.647. The highest BCUT2D eigenvalue weighted by Crippen LogP contribution is 2.49. The summed E-state index contributed by atoms with van der Waals surface area (Å²) in [6.45, 7) is 1.20. The SMILES string of the molecule is O=C(O)NCCC1(c2ccccn2)CCOC2(CCCC2)C1.